The first-order chi connectivity index (χ1) is 17.7. The van der Waals surface area contributed by atoms with Crippen LogP contribution in [0.1, 0.15) is 116 Å². The molecule has 2 heteroatoms. The van der Waals surface area contributed by atoms with Crippen LogP contribution in [0.25, 0.3) is 0 Å². The van der Waals surface area contributed by atoms with Gasteiger partial charge in [0.15, 0.2) is 0 Å². The molecule has 37 heavy (non-hydrogen) atoms. The highest BCUT2D eigenvalue weighted by atomic mass is 16.1. The van der Waals surface area contributed by atoms with Gasteiger partial charge in [0, 0.05) is 12.3 Å². The number of carbonyl (C=O) groups excluding carboxylic acids is 1. The normalized spacial score (nSPS) is 40.0. The largest absolute Gasteiger partial charge is 0.299 e. The lowest BCUT2D eigenvalue weighted by Gasteiger charge is -2.62. The highest BCUT2D eigenvalue weighted by Gasteiger charge is 2.61. The van der Waals surface area contributed by atoms with E-state index in [2.05, 4.69) is 52.8 Å². The van der Waals surface area contributed by atoms with Crippen molar-refractivity contribution < 1.29 is 4.79 Å². The predicted molar refractivity (Wildman–Crippen MR) is 152 cm³/mol. The highest BCUT2D eigenvalue weighted by molar-refractivity contribution is 5.82. The standard InChI is InChI=1S/C35H51NO/c1-23(2)7-6-8-24(3)29-15-16-30-27-13-14-31-28(21-25-9-11-26(22-36)12-10-25)33(37)18-20-35(31,5)32(27)17-19-34(29,30)4/h9-12,23-24,27-32H,6-8,13-21H2,1-5H3/t24-,27+,28?,29-,30+,31?,32+,34-,35+/m1/s1. The number of Topliss-reactive ketones (excluding diaryl/α,β-unsaturated/α-hetero) is 1. The van der Waals surface area contributed by atoms with Crippen molar-refractivity contribution in [3.63, 3.8) is 0 Å². The second-order valence-corrected chi connectivity index (χ2v) is 14.7. The summed E-state index contributed by atoms with van der Waals surface area (Å²) in [7, 11) is 0. The number of nitrogens with zero attached hydrogens (tertiary/aromatic N) is 1. The minimum Gasteiger partial charge on any atom is -0.299 e. The van der Waals surface area contributed by atoms with Crippen LogP contribution in [0, 0.1) is 69.5 Å². The van der Waals surface area contributed by atoms with Crippen molar-refractivity contribution in [3.05, 3.63) is 35.4 Å². The molecular formula is C35H51NO. The van der Waals surface area contributed by atoms with Crippen LogP contribution < -0.4 is 0 Å². The maximum absolute atomic E-state index is 13.3. The molecule has 0 N–H and O–H groups in total. The molecule has 0 heterocycles. The Hall–Kier alpha value is -1.62. The smallest absolute Gasteiger partial charge is 0.136 e. The molecule has 0 amide bonds. The van der Waals surface area contributed by atoms with Gasteiger partial charge in [0.05, 0.1) is 11.6 Å². The number of nitriles is 1. The van der Waals surface area contributed by atoms with Crippen molar-refractivity contribution in [2.45, 2.75) is 112 Å². The fourth-order valence-corrected chi connectivity index (χ4v) is 10.6. The van der Waals surface area contributed by atoms with Crippen LogP contribution in [0.3, 0.4) is 0 Å². The number of hydrogen-bond donors (Lipinski definition) is 0. The van der Waals surface area contributed by atoms with Gasteiger partial charge < -0.3 is 0 Å². The summed E-state index contributed by atoms with van der Waals surface area (Å²) in [5.74, 6) is 6.37. The first-order valence-electron chi connectivity index (χ1n) is 15.7. The zero-order valence-electron chi connectivity index (χ0n) is 24.3. The number of benzene rings is 1. The molecule has 1 aromatic rings. The molecule has 0 aliphatic heterocycles. The van der Waals surface area contributed by atoms with E-state index in [1.807, 2.05) is 12.1 Å². The average molecular weight is 502 g/mol. The van der Waals surface area contributed by atoms with Gasteiger partial charge in [0.1, 0.15) is 5.78 Å². The lowest BCUT2D eigenvalue weighted by Crippen LogP contribution is -2.56. The third kappa shape index (κ3) is 4.83. The Morgan fingerprint density at radius 3 is 2.30 bits per heavy atom. The topological polar surface area (TPSA) is 40.9 Å². The Bertz CT molecular complexity index is 1000. The van der Waals surface area contributed by atoms with Crippen molar-refractivity contribution in [3.8, 4) is 6.07 Å². The Balaban J connectivity index is 1.31. The third-order valence-corrected chi connectivity index (χ3v) is 12.5. The molecule has 2 nitrogen and oxygen atoms in total. The lowest BCUT2D eigenvalue weighted by molar-refractivity contribution is -0.152. The molecule has 0 saturated heterocycles. The minimum absolute atomic E-state index is 0.165. The van der Waals surface area contributed by atoms with E-state index in [9.17, 15) is 10.1 Å². The summed E-state index contributed by atoms with van der Waals surface area (Å²) in [6.07, 6.45) is 15.2. The van der Waals surface area contributed by atoms with Gasteiger partial charge in [-0.25, -0.2) is 0 Å². The Labute approximate surface area is 227 Å². The van der Waals surface area contributed by atoms with E-state index in [1.54, 1.807) is 0 Å². The predicted octanol–water partition coefficient (Wildman–Crippen LogP) is 9.02. The molecule has 0 spiro atoms. The van der Waals surface area contributed by atoms with Gasteiger partial charge in [-0.2, -0.15) is 5.26 Å². The zero-order chi connectivity index (χ0) is 26.4. The maximum atomic E-state index is 13.3. The zero-order valence-corrected chi connectivity index (χ0v) is 24.3. The van der Waals surface area contributed by atoms with E-state index in [1.165, 1.54) is 63.4 Å². The summed E-state index contributed by atoms with van der Waals surface area (Å²) < 4.78 is 0. The molecule has 0 bridgehead atoms. The fraction of sp³-hybridized carbons (Fsp3) is 0.771. The molecular weight excluding hydrogens is 450 g/mol. The Kier molecular flexibility index (Phi) is 7.66. The van der Waals surface area contributed by atoms with E-state index in [0.717, 1.165) is 54.8 Å². The summed E-state index contributed by atoms with van der Waals surface area (Å²) in [5, 5.41) is 9.17. The van der Waals surface area contributed by atoms with Crippen molar-refractivity contribution in [2.24, 2.45) is 58.2 Å². The van der Waals surface area contributed by atoms with Crippen molar-refractivity contribution in [1.82, 2.24) is 0 Å². The molecule has 9 atom stereocenters. The quantitative estimate of drug-likeness (QED) is 0.374. The number of hydrogen-bond acceptors (Lipinski definition) is 2. The number of ketones is 1. The first kappa shape index (κ1) is 27.0. The third-order valence-electron chi connectivity index (χ3n) is 12.5. The Morgan fingerprint density at radius 1 is 0.892 bits per heavy atom. The van der Waals surface area contributed by atoms with E-state index in [4.69, 9.17) is 0 Å². The number of carbonyl (C=O) groups is 1. The summed E-state index contributed by atoms with van der Waals surface area (Å²) in [5.41, 5.74) is 2.79. The van der Waals surface area contributed by atoms with E-state index in [0.29, 0.717) is 28.1 Å². The Morgan fingerprint density at radius 2 is 1.59 bits per heavy atom. The molecule has 0 aromatic heterocycles. The average Bonchev–Trinajstić information content (AvgIpc) is 3.23. The van der Waals surface area contributed by atoms with Gasteiger partial charge >= 0.3 is 0 Å². The summed E-state index contributed by atoms with van der Waals surface area (Å²) in [4.78, 5) is 13.3. The van der Waals surface area contributed by atoms with Crippen LogP contribution in [0.15, 0.2) is 24.3 Å². The van der Waals surface area contributed by atoms with E-state index >= 15 is 0 Å². The molecule has 4 saturated carbocycles. The first-order valence-corrected chi connectivity index (χ1v) is 15.7. The molecule has 202 valence electrons. The van der Waals surface area contributed by atoms with Gasteiger partial charge in [0.25, 0.3) is 0 Å². The summed E-state index contributed by atoms with van der Waals surface area (Å²) >= 11 is 0. The molecule has 0 radical (unpaired) electrons. The fourth-order valence-electron chi connectivity index (χ4n) is 10.6. The van der Waals surface area contributed by atoms with Gasteiger partial charge in [-0.3, -0.25) is 4.79 Å². The van der Waals surface area contributed by atoms with Crippen molar-refractivity contribution in [2.75, 3.05) is 0 Å². The van der Waals surface area contributed by atoms with Crippen LogP contribution in [0.2, 0.25) is 0 Å². The maximum Gasteiger partial charge on any atom is 0.136 e. The highest BCUT2D eigenvalue weighted by Crippen LogP contribution is 2.68. The van der Waals surface area contributed by atoms with Crippen LogP contribution in [0.5, 0.6) is 0 Å². The molecule has 5 rings (SSSR count). The van der Waals surface area contributed by atoms with Gasteiger partial charge in [-0.1, -0.05) is 66.0 Å². The van der Waals surface area contributed by atoms with Gasteiger partial charge in [-0.05, 0) is 121 Å². The van der Waals surface area contributed by atoms with Crippen LogP contribution in [-0.4, -0.2) is 5.78 Å². The SMILES string of the molecule is CC(C)CCC[C@@H](C)[C@H]1CC[C@H]2[C@@H]3CCC4C(Cc5ccc(C#N)cc5)C(=O)CC[C@]4(C)[C@H]3CC[C@]12C. The summed E-state index contributed by atoms with van der Waals surface area (Å²) in [6.45, 7) is 12.6. The van der Waals surface area contributed by atoms with E-state index < -0.39 is 0 Å². The second-order valence-electron chi connectivity index (χ2n) is 14.7. The number of rotatable bonds is 7. The van der Waals surface area contributed by atoms with Crippen LogP contribution >= 0.6 is 0 Å². The van der Waals surface area contributed by atoms with Crippen LogP contribution in [0.4, 0.5) is 0 Å². The van der Waals surface area contributed by atoms with E-state index in [-0.39, 0.29) is 5.92 Å². The molecule has 4 aliphatic carbocycles. The van der Waals surface area contributed by atoms with Gasteiger partial charge in [-0.15, -0.1) is 0 Å². The van der Waals surface area contributed by atoms with Crippen molar-refractivity contribution in [1.29, 1.82) is 5.26 Å². The molecule has 1 aromatic carbocycles. The monoisotopic (exact) mass is 501 g/mol. The van der Waals surface area contributed by atoms with Crippen LogP contribution in [-0.2, 0) is 11.2 Å². The number of fused-ring (bicyclic) bond motifs is 5. The van der Waals surface area contributed by atoms with Crippen molar-refractivity contribution >= 4 is 5.78 Å². The molecule has 4 aliphatic rings. The lowest BCUT2D eigenvalue weighted by atomic mass is 9.43. The second kappa shape index (κ2) is 10.5. The molecule has 2 unspecified atom stereocenters. The minimum atomic E-state index is 0.165. The van der Waals surface area contributed by atoms with Gasteiger partial charge in [0.2, 0.25) is 0 Å². The molecule has 4 fully saturated rings. The summed E-state index contributed by atoms with van der Waals surface area (Å²) in [6, 6.07) is 10.2.